The maximum Gasteiger partial charge on any atom is 0.118 e. The molecule has 23 heavy (non-hydrogen) atoms. The van der Waals surface area contributed by atoms with Gasteiger partial charge in [0.05, 0.1) is 12.8 Å². The minimum absolute atomic E-state index is 0.0770. The van der Waals surface area contributed by atoms with Crippen LogP contribution in [0.1, 0.15) is 33.3 Å². The largest absolute Gasteiger partial charge is 0.497 e. The Balaban J connectivity index is 2.30. The molecule has 1 aliphatic rings. The first-order chi connectivity index (χ1) is 10.9. The normalized spacial score (nSPS) is 17.4. The van der Waals surface area contributed by atoms with E-state index in [1.165, 1.54) is 5.57 Å². The summed E-state index contributed by atoms with van der Waals surface area (Å²) >= 11 is 0. The van der Waals surface area contributed by atoms with Crippen molar-refractivity contribution in [2.24, 2.45) is 11.1 Å². The lowest BCUT2D eigenvalue weighted by Gasteiger charge is -2.32. The zero-order chi connectivity index (χ0) is 17.0. The van der Waals surface area contributed by atoms with Gasteiger partial charge in [0.1, 0.15) is 5.75 Å². The molecule has 0 spiro atoms. The first-order valence-corrected chi connectivity index (χ1v) is 7.82. The van der Waals surface area contributed by atoms with Crippen molar-refractivity contribution in [1.29, 1.82) is 0 Å². The smallest absolute Gasteiger partial charge is 0.118 e. The SMILES string of the molecule is C/C=C1/C(C(C)(C)C)=CC=CN1/C=C(\N)c1ccc(OC)cc1. The number of methoxy groups -OCH3 is 1. The van der Waals surface area contributed by atoms with Gasteiger partial charge in [0, 0.05) is 18.1 Å². The standard InChI is InChI=1S/C20H26N2O/c1-6-19-17(20(2,3)4)8-7-13-22(19)14-18(21)15-9-11-16(23-5)12-10-15/h6-14H,21H2,1-5H3/b18-14-,19-6-. The van der Waals surface area contributed by atoms with Crippen LogP contribution in [0.25, 0.3) is 5.70 Å². The lowest BCUT2D eigenvalue weighted by Crippen LogP contribution is -2.22. The van der Waals surface area contributed by atoms with Crippen LogP contribution >= 0.6 is 0 Å². The first-order valence-electron chi connectivity index (χ1n) is 7.82. The zero-order valence-electron chi connectivity index (χ0n) is 14.6. The van der Waals surface area contributed by atoms with Crippen molar-refractivity contribution in [3.63, 3.8) is 0 Å². The van der Waals surface area contributed by atoms with Crippen molar-refractivity contribution in [3.8, 4) is 5.75 Å². The van der Waals surface area contributed by atoms with Crippen molar-refractivity contribution in [1.82, 2.24) is 4.90 Å². The Morgan fingerprint density at radius 2 is 1.83 bits per heavy atom. The summed E-state index contributed by atoms with van der Waals surface area (Å²) in [6.07, 6.45) is 10.3. The molecule has 1 aliphatic heterocycles. The molecule has 0 fully saturated rings. The van der Waals surface area contributed by atoms with Crippen LogP contribution in [0.2, 0.25) is 0 Å². The van der Waals surface area contributed by atoms with Crippen LogP contribution in [-0.4, -0.2) is 12.0 Å². The van der Waals surface area contributed by atoms with Gasteiger partial charge in [0.25, 0.3) is 0 Å². The number of rotatable bonds is 3. The second kappa shape index (κ2) is 6.78. The van der Waals surface area contributed by atoms with Crippen LogP contribution in [0.3, 0.4) is 0 Å². The topological polar surface area (TPSA) is 38.5 Å². The molecule has 0 aromatic heterocycles. The number of allylic oxidation sites excluding steroid dienone is 4. The summed E-state index contributed by atoms with van der Waals surface area (Å²) in [6.45, 7) is 8.71. The Bertz CT molecular complexity index is 671. The molecule has 0 unspecified atom stereocenters. The maximum atomic E-state index is 6.29. The van der Waals surface area contributed by atoms with Crippen LogP contribution in [0.4, 0.5) is 0 Å². The van der Waals surface area contributed by atoms with Crippen LogP contribution in [-0.2, 0) is 0 Å². The van der Waals surface area contributed by atoms with Crippen molar-refractivity contribution in [2.75, 3.05) is 7.11 Å². The highest BCUT2D eigenvalue weighted by Crippen LogP contribution is 2.35. The van der Waals surface area contributed by atoms with E-state index in [1.807, 2.05) is 36.7 Å². The number of nitrogens with two attached hydrogens (primary N) is 1. The second-order valence-corrected chi connectivity index (χ2v) is 6.57. The summed E-state index contributed by atoms with van der Waals surface area (Å²) in [7, 11) is 1.66. The summed E-state index contributed by atoms with van der Waals surface area (Å²) in [5.74, 6) is 0.825. The minimum atomic E-state index is 0.0770. The van der Waals surface area contributed by atoms with Gasteiger partial charge in [-0.25, -0.2) is 0 Å². The van der Waals surface area contributed by atoms with Gasteiger partial charge in [0.15, 0.2) is 0 Å². The highest BCUT2D eigenvalue weighted by molar-refractivity contribution is 5.64. The molecule has 1 aromatic rings. The molecule has 2 rings (SSSR count). The van der Waals surface area contributed by atoms with Crippen molar-refractivity contribution >= 4 is 5.70 Å². The quantitative estimate of drug-likeness (QED) is 0.882. The fourth-order valence-corrected chi connectivity index (χ4v) is 2.60. The van der Waals surface area contributed by atoms with E-state index in [0.29, 0.717) is 5.70 Å². The van der Waals surface area contributed by atoms with E-state index in [4.69, 9.17) is 10.5 Å². The van der Waals surface area contributed by atoms with Crippen LogP contribution < -0.4 is 10.5 Å². The zero-order valence-corrected chi connectivity index (χ0v) is 14.6. The maximum absolute atomic E-state index is 6.29. The Labute approximate surface area is 139 Å². The van der Waals surface area contributed by atoms with Gasteiger partial charge in [0.2, 0.25) is 0 Å². The molecule has 3 heteroatoms. The van der Waals surface area contributed by atoms with E-state index in [-0.39, 0.29) is 5.41 Å². The number of hydrogen-bond acceptors (Lipinski definition) is 3. The summed E-state index contributed by atoms with van der Waals surface area (Å²) < 4.78 is 5.19. The monoisotopic (exact) mass is 310 g/mol. The van der Waals surface area contributed by atoms with E-state index >= 15 is 0 Å². The molecule has 0 saturated heterocycles. The lowest BCUT2D eigenvalue weighted by atomic mass is 9.82. The van der Waals surface area contributed by atoms with Crippen LogP contribution in [0, 0.1) is 5.41 Å². The molecule has 0 saturated carbocycles. The van der Waals surface area contributed by atoms with E-state index in [9.17, 15) is 0 Å². The molecule has 0 aliphatic carbocycles. The highest BCUT2D eigenvalue weighted by atomic mass is 16.5. The third kappa shape index (κ3) is 3.86. The first kappa shape index (κ1) is 16.9. The van der Waals surface area contributed by atoms with E-state index in [1.54, 1.807) is 7.11 Å². The Morgan fingerprint density at radius 1 is 1.17 bits per heavy atom. The number of nitrogens with zero attached hydrogens (tertiary/aromatic N) is 1. The van der Waals surface area contributed by atoms with Crippen LogP contribution in [0.15, 0.2) is 66.2 Å². The molecule has 1 aromatic carbocycles. The second-order valence-electron chi connectivity index (χ2n) is 6.57. The Hall–Kier alpha value is -2.42. The van der Waals surface area contributed by atoms with Gasteiger partial charge in [-0.3, -0.25) is 0 Å². The number of ether oxygens (including phenoxy) is 1. The van der Waals surface area contributed by atoms with E-state index in [2.05, 4.69) is 50.8 Å². The highest BCUT2D eigenvalue weighted by Gasteiger charge is 2.24. The third-order valence-corrected chi connectivity index (χ3v) is 3.85. The third-order valence-electron chi connectivity index (χ3n) is 3.85. The molecular formula is C20H26N2O. The summed E-state index contributed by atoms with van der Waals surface area (Å²) in [6, 6.07) is 7.76. The van der Waals surface area contributed by atoms with Crippen molar-refractivity contribution in [3.05, 3.63) is 71.7 Å². The van der Waals surface area contributed by atoms with Crippen molar-refractivity contribution in [2.45, 2.75) is 27.7 Å². The summed E-state index contributed by atoms with van der Waals surface area (Å²) in [4.78, 5) is 2.08. The molecule has 0 atom stereocenters. The molecule has 2 N–H and O–H groups in total. The number of benzene rings is 1. The fraction of sp³-hybridized carbons (Fsp3) is 0.300. The van der Waals surface area contributed by atoms with Gasteiger partial charge in [-0.2, -0.15) is 0 Å². The Morgan fingerprint density at radius 3 is 2.35 bits per heavy atom. The molecule has 1 heterocycles. The van der Waals surface area contributed by atoms with Gasteiger partial charge in [-0.05, 0) is 53.8 Å². The number of hydrogen-bond donors (Lipinski definition) is 1. The molecular weight excluding hydrogens is 284 g/mol. The van der Waals surface area contributed by atoms with Gasteiger partial charge in [-0.15, -0.1) is 0 Å². The minimum Gasteiger partial charge on any atom is -0.497 e. The fourth-order valence-electron chi connectivity index (χ4n) is 2.60. The predicted molar refractivity (Wildman–Crippen MR) is 97.4 cm³/mol. The average molecular weight is 310 g/mol. The molecule has 122 valence electrons. The van der Waals surface area contributed by atoms with Gasteiger partial charge < -0.3 is 15.4 Å². The summed E-state index contributed by atoms with van der Waals surface area (Å²) in [5.41, 5.74) is 10.5. The molecule has 0 amide bonds. The van der Waals surface area contributed by atoms with Gasteiger partial charge >= 0.3 is 0 Å². The summed E-state index contributed by atoms with van der Waals surface area (Å²) in [5, 5.41) is 0. The lowest BCUT2D eigenvalue weighted by molar-refractivity contribution is 0.415. The molecule has 0 bridgehead atoms. The van der Waals surface area contributed by atoms with E-state index in [0.717, 1.165) is 17.0 Å². The molecule has 0 radical (unpaired) electrons. The van der Waals surface area contributed by atoms with Crippen LogP contribution in [0.5, 0.6) is 5.75 Å². The Kier molecular flexibility index (Phi) is 4.99. The van der Waals surface area contributed by atoms with Gasteiger partial charge in [-0.1, -0.05) is 32.9 Å². The average Bonchev–Trinajstić information content (AvgIpc) is 2.53. The van der Waals surface area contributed by atoms with E-state index < -0.39 is 0 Å². The molecule has 3 nitrogen and oxygen atoms in total. The van der Waals surface area contributed by atoms with Crippen molar-refractivity contribution < 1.29 is 4.74 Å². The predicted octanol–water partition coefficient (Wildman–Crippen LogP) is 4.66.